The summed E-state index contributed by atoms with van der Waals surface area (Å²) in [5.74, 6) is 0.0467. The fourth-order valence-corrected chi connectivity index (χ4v) is 2.09. The van der Waals surface area contributed by atoms with Crippen LogP contribution in [0.2, 0.25) is 0 Å². The van der Waals surface area contributed by atoms with Crippen LogP contribution in [0.5, 0.6) is 0 Å². The first-order valence-electron chi connectivity index (χ1n) is 6.30. The molecule has 0 aromatic heterocycles. The first-order valence-corrected chi connectivity index (χ1v) is 6.30. The van der Waals surface area contributed by atoms with Crippen molar-refractivity contribution in [3.8, 4) is 0 Å². The summed E-state index contributed by atoms with van der Waals surface area (Å²) >= 11 is 0. The fraction of sp³-hybridized carbons (Fsp3) is 0.500. The van der Waals surface area contributed by atoms with E-state index < -0.39 is 0 Å². The van der Waals surface area contributed by atoms with E-state index in [4.69, 9.17) is 4.74 Å². The highest BCUT2D eigenvalue weighted by Gasteiger charge is 2.24. The van der Waals surface area contributed by atoms with E-state index in [1.54, 1.807) is 4.90 Å². The van der Waals surface area contributed by atoms with E-state index in [1.807, 2.05) is 19.2 Å². The molecule has 0 saturated carbocycles. The zero-order chi connectivity index (χ0) is 13.0. The van der Waals surface area contributed by atoms with Gasteiger partial charge in [0.25, 0.3) is 5.91 Å². The van der Waals surface area contributed by atoms with Crippen molar-refractivity contribution in [2.75, 3.05) is 26.7 Å². The lowest BCUT2D eigenvalue weighted by Gasteiger charge is -2.27. The Bertz CT molecular complexity index is 420. The van der Waals surface area contributed by atoms with E-state index in [0.29, 0.717) is 19.7 Å². The summed E-state index contributed by atoms with van der Waals surface area (Å²) in [6, 6.07) is 8.12. The van der Waals surface area contributed by atoms with Gasteiger partial charge in [-0.3, -0.25) is 4.79 Å². The maximum Gasteiger partial charge on any atom is 0.253 e. The van der Waals surface area contributed by atoms with Gasteiger partial charge in [0.1, 0.15) is 6.10 Å². The van der Waals surface area contributed by atoms with Crippen molar-refractivity contribution in [3.63, 3.8) is 0 Å². The van der Waals surface area contributed by atoms with Crippen LogP contribution in [0, 0.1) is 6.92 Å². The molecule has 5 heteroatoms. The first-order chi connectivity index (χ1) is 8.68. The third-order valence-electron chi connectivity index (χ3n) is 3.25. The van der Waals surface area contributed by atoms with Crippen molar-refractivity contribution in [2.45, 2.75) is 19.6 Å². The zero-order valence-electron chi connectivity index (χ0n) is 11.4. The Morgan fingerprint density at radius 2 is 2.21 bits per heavy atom. The summed E-state index contributed by atoms with van der Waals surface area (Å²) in [5, 5.41) is 3.17. The summed E-state index contributed by atoms with van der Waals surface area (Å²) < 4.78 is 5.48. The summed E-state index contributed by atoms with van der Waals surface area (Å²) in [6.07, 6.45) is -0.340. The van der Waals surface area contributed by atoms with Crippen molar-refractivity contribution in [3.05, 3.63) is 35.4 Å². The van der Waals surface area contributed by atoms with Gasteiger partial charge in [0.05, 0.1) is 6.61 Å². The van der Waals surface area contributed by atoms with Crippen LogP contribution in [0.3, 0.4) is 0 Å². The molecule has 1 saturated heterocycles. The number of ether oxygens (including phenoxy) is 1. The van der Waals surface area contributed by atoms with Crippen molar-refractivity contribution < 1.29 is 9.53 Å². The minimum atomic E-state index is -0.340. The number of carbonyl (C=O) groups excluding carboxylic acids is 1. The zero-order valence-corrected chi connectivity index (χ0v) is 12.2. The summed E-state index contributed by atoms with van der Waals surface area (Å²) in [5.41, 5.74) is 2.39. The number of hydrogen-bond donors (Lipinski definition) is 1. The Kier molecular flexibility index (Phi) is 6.28. The van der Waals surface area contributed by atoms with E-state index in [2.05, 4.69) is 24.4 Å². The molecule has 1 aliphatic rings. The van der Waals surface area contributed by atoms with Gasteiger partial charge >= 0.3 is 0 Å². The molecule has 1 fully saturated rings. The van der Waals surface area contributed by atoms with Crippen LogP contribution in [-0.2, 0) is 16.1 Å². The molecule has 1 aromatic carbocycles. The molecular weight excluding hydrogens is 264 g/mol. The van der Waals surface area contributed by atoms with E-state index >= 15 is 0 Å². The van der Waals surface area contributed by atoms with Gasteiger partial charge in [0.15, 0.2) is 0 Å². The SMILES string of the molecule is Cc1ccccc1CN(C)C(=O)C1CNCCO1.Cl. The van der Waals surface area contributed by atoms with E-state index in [9.17, 15) is 4.79 Å². The highest BCUT2D eigenvalue weighted by molar-refractivity contribution is 5.85. The van der Waals surface area contributed by atoms with Crippen LogP contribution in [0.1, 0.15) is 11.1 Å². The molecule has 106 valence electrons. The minimum absolute atomic E-state index is 0. The molecule has 2 rings (SSSR count). The molecule has 19 heavy (non-hydrogen) atoms. The van der Waals surface area contributed by atoms with E-state index in [1.165, 1.54) is 11.1 Å². The molecule has 0 spiro atoms. The molecule has 0 radical (unpaired) electrons. The Morgan fingerprint density at radius 1 is 1.47 bits per heavy atom. The van der Waals surface area contributed by atoms with Crippen molar-refractivity contribution in [1.29, 1.82) is 0 Å². The average molecular weight is 285 g/mol. The Hall–Kier alpha value is -1.10. The molecular formula is C14H21ClN2O2. The van der Waals surface area contributed by atoms with Gasteiger partial charge in [0, 0.05) is 26.7 Å². The number of amides is 1. The second kappa shape index (κ2) is 7.48. The Balaban J connectivity index is 0.00000180. The molecule has 4 nitrogen and oxygen atoms in total. The number of morpholine rings is 1. The molecule has 1 atom stereocenters. The van der Waals surface area contributed by atoms with Crippen LogP contribution < -0.4 is 5.32 Å². The van der Waals surface area contributed by atoms with E-state index in [-0.39, 0.29) is 24.4 Å². The molecule has 1 heterocycles. The van der Waals surface area contributed by atoms with Crippen LogP contribution >= 0.6 is 12.4 Å². The van der Waals surface area contributed by atoms with Crippen molar-refractivity contribution in [2.24, 2.45) is 0 Å². The Labute approximate surface area is 120 Å². The Morgan fingerprint density at radius 3 is 2.84 bits per heavy atom. The second-order valence-corrected chi connectivity index (χ2v) is 4.68. The van der Waals surface area contributed by atoms with Gasteiger partial charge < -0.3 is 15.0 Å². The fourth-order valence-electron chi connectivity index (χ4n) is 2.09. The normalized spacial score (nSPS) is 18.5. The number of rotatable bonds is 3. The number of carbonyl (C=O) groups is 1. The van der Waals surface area contributed by atoms with Gasteiger partial charge in [-0.2, -0.15) is 0 Å². The molecule has 0 aliphatic carbocycles. The lowest BCUT2D eigenvalue weighted by Crippen LogP contribution is -2.48. The van der Waals surface area contributed by atoms with Crippen LogP contribution in [0.25, 0.3) is 0 Å². The topological polar surface area (TPSA) is 41.6 Å². The predicted molar refractivity (Wildman–Crippen MR) is 77.5 cm³/mol. The van der Waals surface area contributed by atoms with Gasteiger partial charge in [-0.1, -0.05) is 24.3 Å². The van der Waals surface area contributed by atoms with Gasteiger partial charge in [0.2, 0.25) is 0 Å². The van der Waals surface area contributed by atoms with Gasteiger partial charge in [-0.25, -0.2) is 0 Å². The molecule has 1 amide bonds. The number of aryl methyl sites for hydroxylation is 1. The highest BCUT2D eigenvalue weighted by Crippen LogP contribution is 2.11. The summed E-state index contributed by atoms with van der Waals surface area (Å²) in [7, 11) is 1.83. The number of halogens is 1. The third-order valence-corrected chi connectivity index (χ3v) is 3.25. The molecule has 1 aliphatic heterocycles. The number of likely N-dealkylation sites (N-methyl/N-ethyl adjacent to an activating group) is 1. The van der Waals surface area contributed by atoms with Crippen LogP contribution in [-0.4, -0.2) is 43.7 Å². The largest absolute Gasteiger partial charge is 0.366 e. The van der Waals surface area contributed by atoms with Crippen LogP contribution in [0.4, 0.5) is 0 Å². The molecule has 1 N–H and O–H groups in total. The standard InChI is InChI=1S/C14H20N2O2.ClH/c1-11-5-3-4-6-12(11)10-16(2)14(17)13-9-15-7-8-18-13;/h3-6,13,15H,7-10H2,1-2H3;1H. The van der Waals surface area contributed by atoms with Crippen molar-refractivity contribution in [1.82, 2.24) is 10.2 Å². The summed E-state index contributed by atoms with van der Waals surface area (Å²) in [6.45, 7) is 4.73. The monoisotopic (exact) mass is 284 g/mol. The number of nitrogens with zero attached hydrogens (tertiary/aromatic N) is 1. The average Bonchev–Trinajstić information content (AvgIpc) is 2.41. The molecule has 0 bridgehead atoms. The van der Waals surface area contributed by atoms with Gasteiger partial charge in [-0.15, -0.1) is 12.4 Å². The number of hydrogen-bond acceptors (Lipinski definition) is 3. The predicted octanol–water partition coefficient (Wildman–Crippen LogP) is 1.36. The lowest BCUT2D eigenvalue weighted by atomic mass is 10.1. The first kappa shape index (κ1) is 16.0. The van der Waals surface area contributed by atoms with Gasteiger partial charge in [-0.05, 0) is 18.1 Å². The minimum Gasteiger partial charge on any atom is -0.366 e. The third kappa shape index (κ3) is 4.20. The van der Waals surface area contributed by atoms with Crippen molar-refractivity contribution >= 4 is 18.3 Å². The maximum atomic E-state index is 12.2. The maximum absolute atomic E-state index is 12.2. The number of nitrogens with one attached hydrogen (secondary N) is 1. The summed E-state index contributed by atoms with van der Waals surface area (Å²) in [4.78, 5) is 13.9. The lowest BCUT2D eigenvalue weighted by molar-refractivity contribution is -0.144. The molecule has 1 aromatic rings. The number of benzene rings is 1. The van der Waals surface area contributed by atoms with E-state index in [0.717, 1.165) is 6.54 Å². The highest BCUT2D eigenvalue weighted by atomic mass is 35.5. The second-order valence-electron chi connectivity index (χ2n) is 4.68. The smallest absolute Gasteiger partial charge is 0.253 e. The quantitative estimate of drug-likeness (QED) is 0.911. The molecule has 1 unspecified atom stereocenters. The van der Waals surface area contributed by atoms with Crippen LogP contribution in [0.15, 0.2) is 24.3 Å².